The van der Waals surface area contributed by atoms with Crippen molar-refractivity contribution in [3.05, 3.63) is 64.7 Å². The predicted molar refractivity (Wildman–Crippen MR) is 105 cm³/mol. The van der Waals surface area contributed by atoms with Crippen molar-refractivity contribution in [2.75, 3.05) is 11.9 Å². The molecule has 0 aliphatic carbocycles. The molecule has 2 aromatic carbocycles. The summed E-state index contributed by atoms with van der Waals surface area (Å²) in [5.74, 6) is -0.281. The van der Waals surface area contributed by atoms with Gasteiger partial charge in [-0.1, -0.05) is 30.3 Å². The first-order valence-corrected chi connectivity index (χ1v) is 9.42. The number of hydrogen-bond acceptors (Lipinski definition) is 7. The molecule has 1 aromatic heterocycles. The van der Waals surface area contributed by atoms with Gasteiger partial charge in [-0.2, -0.15) is 0 Å². The fraction of sp³-hybridized carbons (Fsp3) is 0.300. The summed E-state index contributed by atoms with van der Waals surface area (Å²) in [4.78, 5) is 8.31. The third-order valence-corrected chi connectivity index (χ3v) is 5.11. The monoisotopic (exact) mass is 419 g/mol. The Hall–Kier alpha value is -2.36. The van der Waals surface area contributed by atoms with Gasteiger partial charge in [0.2, 0.25) is 5.28 Å². The molecule has 0 radical (unpaired) electrons. The lowest BCUT2D eigenvalue weighted by atomic mass is 9.99. The summed E-state index contributed by atoms with van der Waals surface area (Å²) in [5.41, 5.74) is 1.39. The highest BCUT2D eigenvalue weighted by Crippen LogP contribution is 2.37. The first-order valence-electron chi connectivity index (χ1n) is 9.05. The van der Waals surface area contributed by atoms with Crippen LogP contribution in [0.3, 0.4) is 0 Å². The van der Waals surface area contributed by atoms with Gasteiger partial charge in [0, 0.05) is 17.5 Å². The van der Waals surface area contributed by atoms with E-state index in [2.05, 4.69) is 15.3 Å². The third-order valence-electron chi connectivity index (χ3n) is 4.94. The van der Waals surface area contributed by atoms with Gasteiger partial charge in [-0.05, 0) is 29.3 Å². The maximum atomic E-state index is 14.9. The van der Waals surface area contributed by atoms with E-state index in [1.807, 2.05) is 30.3 Å². The predicted octanol–water partition coefficient (Wildman–Crippen LogP) is 2.19. The molecule has 7 nitrogen and oxygen atoms in total. The minimum absolute atomic E-state index is 0.0174. The lowest BCUT2D eigenvalue weighted by molar-refractivity contribution is -0.0236. The number of aromatic nitrogens is 2. The van der Waals surface area contributed by atoms with Crippen LogP contribution in [-0.2, 0) is 11.3 Å². The SMILES string of the molecule is OC[C@H]1OC(c2cc3nc(Cl)nc(NCc4ccccc4)c3cc2F)[C@H](O)[C@@H]1O. The molecule has 0 spiro atoms. The van der Waals surface area contributed by atoms with Crippen LogP contribution >= 0.6 is 11.6 Å². The summed E-state index contributed by atoms with van der Waals surface area (Å²) < 4.78 is 20.3. The van der Waals surface area contributed by atoms with Crippen molar-refractivity contribution in [2.24, 2.45) is 0 Å². The molecule has 0 saturated carbocycles. The quantitative estimate of drug-likeness (QED) is 0.469. The zero-order chi connectivity index (χ0) is 20.5. The van der Waals surface area contributed by atoms with Crippen molar-refractivity contribution in [2.45, 2.75) is 31.0 Å². The number of aliphatic hydroxyl groups excluding tert-OH is 3. The third kappa shape index (κ3) is 3.90. The number of hydrogen-bond donors (Lipinski definition) is 4. The molecule has 2 heterocycles. The highest BCUT2D eigenvalue weighted by molar-refractivity contribution is 6.28. The van der Waals surface area contributed by atoms with Crippen LogP contribution in [0.5, 0.6) is 0 Å². The lowest BCUT2D eigenvalue weighted by Crippen LogP contribution is -2.32. The number of aliphatic hydroxyl groups is 3. The van der Waals surface area contributed by atoms with Crippen molar-refractivity contribution < 1.29 is 24.4 Å². The van der Waals surface area contributed by atoms with E-state index in [9.17, 15) is 19.7 Å². The highest BCUT2D eigenvalue weighted by Gasteiger charge is 2.44. The number of halogens is 2. The van der Waals surface area contributed by atoms with Crippen molar-refractivity contribution >= 4 is 28.3 Å². The van der Waals surface area contributed by atoms with Gasteiger partial charge in [0.25, 0.3) is 0 Å². The van der Waals surface area contributed by atoms with Crippen LogP contribution in [0, 0.1) is 5.82 Å². The van der Waals surface area contributed by atoms with E-state index >= 15 is 0 Å². The Balaban J connectivity index is 1.69. The zero-order valence-corrected chi connectivity index (χ0v) is 15.9. The second kappa shape index (κ2) is 8.17. The Kier molecular flexibility index (Phi) is 5.62. The molecule has 0 amide bonds. The van der Waals surface area contributed by atoms with E-state index < -0.39 is 36.8 Å². The molecule has 1 unspecified atom stereocenters. The summed E-state index contributed by atoms with van der Waals surface area (Å²) in [5, 5.41) is 32.9. The standard InChI is InChI=1S/C20H19ClFN3O4/c21-20-24-14-7-11(18-17(28)16(27)15(9-26)29-18)13(22)6-12(14)19(25-20)23-8-10-4-2-1-3-5-10/h1-7,15-18,26-28H,8-9H2,(H,23,24,25)/t15-,16-,17-,18?/m1/s1. The summed E-state index contributed by atoms with van der Waals surface area (Å²) >= 11 is 6.05. The van der Waals surface area contributed by atoms with Crippen molar-refractivity contribution in [3.8, 4) is 0 Å². The molecule has 1 saturated heterocycles. The smallest absolute Gasteiger partial charge is 0.224 e. The van der Waals surface area contributed by atoms with Gasteiger partial charge in [-0.3, -0.25) is 0 Å². The van der Waals surface area contributed by atoms with Gasteiger partial charge in [-0.15, -0.1) is 0 Å². The maximum absolute atomic E-state index is 14.9. The van der Waals surface area contributed by atoms with Gasteiger partial charge in [0.15, 0.2) is 0 Å². The fourth-order valence-electron chi connectivity index (χ4n) is 3.43. The molecule has 9 heteroatoms. The van der Waals surface area contributed by atoms with E-state index in [1.54, 1.807) is 0 Å². The molecule has 4 N–H and O–H groups in total. The Labute approximate surface area is 170 Å². The van der Waals surface area contributed by atoms with Crippen LogP contribution < -0.4 is 5.32 Å². The Morgan fingerprint density at radius 1 is 1.10 bits per heavy atom. The molecule has 1 aliphatic rings. The lowest BCUT2D eigenvalue weighted by Gasteiger charge is -2.17. The number of nitrogens with one attached hydrogen (secondary N) is 1. The number of benzene rings is 2. The molecule has 4 atom stereocenters. The minimum atomic E-state index is -1.38. The number of rotatable bonds is 5. The molecule has 1 fully saturated rings. The first kappa shape index (κ1) is 19.9. The van der Waals surface area contributed by atoms with Gasteiger partial charge in [-0.25, -0.2) is 14.4 Å². The normalized spacial score (nSPS) is 24.2. The van der Waals surface area contributed by atoms with Crippen molar-refractivity contribution in [1.29, 1.82) is 0 Å². The van der Waals surface area contributed by atoms with E-state index in [0.717, 1.165) is 5.56 Å². The van der Waals surface area contributed by atoms with E-state index in [1.165, 1.54) is 12.1 Å². The summed E-state index contributed by atoms with van der Waals surface area (Å²) in [7, 11) is 0. The number of fused-ring (bicyclic) bond motifs is 1. The highest BCUT2D eigenvalue weighted by atomic mass is 35.5. The van der Waals surface area contributed by atoms with Gasteiger partial charge in [0.1, 0.15) is 36.1 Å². The molecular weight excluding hydrogens is 401 g/mol. The van der Waals surface area contributed by atoms with E-state index in [0.29, 0.717) is 23.3 Å². The zero-order valence-electron chi connectivity index (χ0n) is 15.2. The Morgan fingerprint density at radius 2 is 1.86 bits per heavy atom. The molecule has 1 aliphatic heterocycles. The molecule has 29 heavy (non-hydrogen) atoms. The molecule has 152 valence electrons. The van der Waals surface area contributed by atoms with Crippen LogP contribution in [0.4, 0.5) is 10.2 Å². The van der Waals surface area contributed by atoms with E-state index in [-0.39, 0.29) is 10.8 Å². The topological polar surface area (TPSA) is 108 Å². The molecular formula is C20H19ClFN3O4. The van der Waals surface area contributed by atoms with Crippen LogP contribution in [0.1, 0.15) is 17.2 Å². The van der Waals surface area contributed by atoms with Gasteiger partial charge in [0.05, 0.1) is 12.1 Å². The van der Waals surface area contributed by atoms with Crippen molar-refractivity contribution in [1.82, 2.24) is 9.97 Å². The summed E-state index contributed by atoms with van der Waals surface area (Å²) in [6, 6.07) is 12.3. The second-order valence-electron chi connectivity index (χ2n) is 6.83. The Morgan fingerprint density at radius 3 is 2.55 bits per heavy atom. The summed E-state index contributed by atoms with van der Waals surface area (Å²) in [6.07, 6.45) is -4.84. The van der Waals surface area contributed by atoms with Crippen LogP contribution in [-0.4, -0.2) is 50.2 Å². The van der Waals surface area contributed by atoms with E-state index in [4.69, 9.17) is 16.3 Å². The first-order chi connectivity index (χ1) is 14.0. The summed E-state index contributed by atoms with van der Waals surface area (Å²) in [6.45, 7) is -0.0348. The van der Waals surface area contributed by atoms with Crippen molar-refractivity contribution in [3.63, 3.8) is 0 Å². The van der Waals surface area contributed by atoms with Crippen LogP contribution in [0.25, 0.3) is 10.9 Å². The Bertz CT molecular complexity index is 1020. The number of ether oxygens (including phenoxy) is 1. The molecule has 0 bridgehead atoms. The van der Waals surface area contributed by atoms with Crippen LogP contribution in [0.2, 0.25) is 5.28 Å². The molecule has 3 aromatic rings. The maximum Gasteiger partial charge on any atom is 0.224 e. The molecule has 4 rings (SSSR count). The van der Waals surface area contributed by atoms with Gasteiger partial charge < -0.3 is 25.4 Å². The minimum Gasteiger partial charge on any atom is -0.394 e. The van der Waals surface area contributed by atoms with Crippen LogP contribution in [0.15, 0.2) is 42.5 Å². The fourth-order valence-corrected chi connectivity index (χ4v) is 3.60. The number of nitrogens with zero attached hydrogens (tertiary/aromatic N) is 2. The average Bonchev–Trinajstić information content (AvgIpc) is 3.01. The van der Waals surface area contributed by atoms with Gasteiger partial charge >= 0.3 is 0 Å². The largest absolute Gasteiger partial charge is 0.394 e. The number of anilines is 1. The average molecular weight is 420 g/mol. The second-order valence-corrected chi connectivity index (χ2v) is 7.17.